The molecule has 1 nitrogen and oxygen atoms in total. The molecule has 0 saturated heterocycles. The molecule has 0 N–H and O–H groups in total. The van der Waals surface area contributed by atoms with Crippen molar-refractivity contribution < 1.29 is 9.13 Å². The van der Waals surface area contributed by atoms with Crippen LogP contribution in [0.1, 0.15) is 62.5 Å². The number of fused-ring (bicyclic) bond motifs is 1. The van der Waals surface area contributed by atoms with Crippen molar-refractivity contribution in [3.05, 3.63) is 59.4 Å². The van der Waals surface area contributed by atoms with E-state index < -0.39 is 0 Å². The Bertz CT molecular complexity index is 766. The third kappa shape index (κ3) is 4.11. The van der Waals surface area contributed by atoms with Crippen molar-refractivity contribution in [1.82, 2.24) is 0 Å². The Hall–Kier alpha value is -1.67. The van der Waals surface area contributed by atoms with Crippen LogP contribution in [0.15, 0.2) is 42.5 Å². The molecule has 2 saturated carbocycles. The molecule has 4 rings (SSSR count). The molecule has 4 atom stereocenters. The lowest BCUT2D eigenvalue weighted by Crippen LogP contribution is -2.33. The molecule has 0 bridgehead atoms. The van der Waals surface area contributed by atoms with Crippen molar-refractivity contribution in [2.24, 2.45) is 11.8 Å². The van der Waals surface area contributed by atoms with Crippen LogP contribution in [0, 0.1) is 24.6 Å². The molecule has 27 heavy (non-hydrogen) atoms. The van der Waals surface area contributed by atoms with Gasteiger partial charge in [0.1, 0.15) is 5.82 Å². The van der Waals surface area contributed by atoms with Crippen molar-refractivity contribution in [2.75, 3.05) is 6.61 Å². The van der Waals surface area contributed by atoms with Gasteiger partial charge in [-0.3, -0.25) is 0 Å². The topological polar surface area (TPSA) is 9.23 Å². The summed E-state index contributed by atoms with van der Waals surface area (Å²) in [7, 11) is 0. The van der Waals surface area contributed by atoms with Crippen LogP contribution >= 0.6 is 0 Å². The number of hydrogen-bond acceptors (Lipinski definition) is 1. The van der Waals surface area contributed by atoms with E-state index in [9.17, 15) is 4.39 Å². The standard InChI is InChI=1S/C25H31FO/c1-3-27-23-12-11-21-15-20(9-10-22(21)16-23)18-5-7-19(8-6-18)24-13-4-17(2)14-25(24)26/h4-8,13-14,20-23H,3,9-12,15-16H2,1-2H3. The van der Waals surface area contributed by atoms with Crippen molar-refractivity contribution in [1.29, 1.82) is 0 Å². The normalized spacial score (nSPS) is 28.0. The molecule has 0 spiro atoms. The number of ether oxygens (including phenoxy) is 1. The van der Waals surface area contributed by atoms with Gasteiger partial charge in [0.2, 0.25) is 0 Å². The molecule has 2 aliphatic carbocycles. The molecule has 2 aliphatic rings. The summed E-state index contributed by atoms with van der Waals surface area (Å²) in [4.78, 5) is 0. The highest BCUT2D eigenvalue weighted by atomic mass is 19.1. The van der Waals surface area contributed by atoms with Crippen LogP contribution in [-0.2, 0) is 4.74 Å². The fraction of sp³-hybridized carbons (Fsp3) is 0.520. The summed E-state index contributed by atoms with van der Waals surface area (Å²) in [6.45, 7) is 4.88. The number of halogens is 1. The fourth-order valence-electron chi connectivity index (χ4n) is 5.32. The van der Waals surface area contributed by atoms with Crippen LogP contribution in [0.4, 0.5) is 4.39 Å². The zero-order valence-corrected chi connectivity index (χ0v) is 16.6. The van der Waals surface area contributed by atoms with Gasteiger partial charge < -0.3 is 4.74 Å². The van der Waals surface area contributed by atoms with E-state index in [0.29, 0.717) is 17.6 Å². The Balaban J connectivity index is 1.43. The molecule has 2 fully saturated rings. The Kier molecular flexibility index (Phi) is 5.63. The summed E-state index contributed by atoms with van der Waals surface area (Å²) in [5, 5.41) is 0. The maximum Gasteiger partial charge on any atom is 0.131 e. The SMILES string of the molecule is CCOC1CCC2CC(c3ccc(-c4ccc(C)cc4F)cc3)CCC2C1. The summed E-state index contributed by atoms with van der Waals surface area (Å²) in [5.41, 5.74) is 4.06. The first kappa shape index (κ1) is 18.7. The van der Waals surface area contributed by atoms with E-state index in [2.05, 4.69) is 31.2 Å². The highest BCUT2D eigenvalue weighted by molar-refractivity contribution is 5.64. The van der Waals surface area contributed by atoms with E-state index in [0.717, 1.165) is 29.6 Å². The highest BCUT2D eigenvalue weighted by Gasteiger charge is 2.36. The molecule has 0 aromatic heterocycles. The first-order valence-electron chi connectivity index (χ1n) is 10.6. The second-order valence-corrected chi connectivity index (χ2v) is 8.53. The van der Waals surface area contributed by atoms with Crippen LogP contribution in [0.3, 0.4) is 0 Å². The summed E-state index contributed by atoms with van der Waals surface area (Å²) in [5.74, 6) is 2.24. The first-order valence-corrected chi connectivity index (χ1v) is 10.6. The predicted octanol–water partition coefficient (Wildman–Crippen LogP) is 6.89. The van der Waals surface area contributed by atoms with E-state index >= 15 is 0 Å². The summed E-state index contributed by atoms with van der Waals surface area (Å²) >= 11 is 0. The molecular formula is C25H31FO. The molecule has 144 valence electrons. The van der Waals surface area contributed by atoms with Crippen molar-refractivity contribution >= 4 is 0 Å². The third-order valence-electron chi connectivity index (χ3n) is 6.78. The number of benzene rings is 2. The van der Waals surface area contributed by atoms with Crippen LogP contribution < -0.4 is 0 Å². The second-order valence-electron chi connectivity index (χ2n) is 8.53. The smallest absolute Gasteiger partial charge is 0.131 e. The van der Waals surface area contributed by atoms with E-state index in [1.807, 2.05) is 19.1 Å². The monoisotopic (exact) mass is 366 g/mol. The van der Waals surface area contributed by atoms with Gasteiger partial charge in [-0.2, -0.15) is 0 Å². The van der Waals surface area contributed by atoms with Crippen LogP contribution in [0.25, 0.3) is 11.1 Å². The first-order chi connectivity index (χ1) is 13.1. The van der Waals surface area contributed by atoms with Crippen LogP contribution in [0.2, 0.25) is 0 Å². The van der Waals surface area contributed by atoms with Gasteiger partial charge in [0, 0.05) is 12.2 Å². The molecular weight excluding hydrogens is 335 g/mol. The van der Waals surface area contributed by atoms with Gasteiger partial charge in [-0.05, 0) is 92.9 Å². The zero-order chi connectivity index (χ0) is 18.8. The Morgan fingerprint density at radius 2 is 1.67 bits per heavy atom. The summed E-state index contributed by atoms with van der Waals surface area (Å²) in [6.07, 6.45) is 8.21. The number of hydrogen-bond donors (Lipinski definition) is 0. The second kappa shape index (κ2) is 8.14. The van der Waals surface area contributed by atoms with Crippen LogP contribution in [0.5, 0.6) is 0 Å². The van der Waals surface area contributed by atoms with E-state index in [1.165, 1.54) is 44.1 Å². The zero-order valence-electron chi connectivity index (χ0n) is 16.6. The van der Waals surface area contributed by atoms with Gasteiger partial charge in [0.15, 0.2) is 0 Å². The van der Waals surface area contributed by atoms with Gasteiger partial charge in [-0.15, -0.1) is 0 Å². The maximum atomic E-state index is 14.3. The highest BCUT2D eigenvalue weighted by Crippen LogP contribution is 2.46. The molecule has 4 unspecified atom stereocenters. The van der Waals surface area contributed by atoms with E-state index in [4.69, 9.17) is 4.74 Å². The molecule has 0 amide bonds. The minimum Gasteiger partial charge on any atom is -0.378 e. The van der Waals surface area contributed by atoms with Crippen molar-refractivity contribution in [2.45, 2.75) is 64.4 Å². The minimum atomic E-state index is -0.130. The number of aryl methyl sites for hydroxylation is 1. The average Bonchev–Trinajstić information content (AvgIpc) is 2.68. The Labute approximate surface area is 163 Å². The summed E-state index contributed by atoms with van der Waals surface area (Å²) < 4.78 is 20.1. The van der Waals surface area contributed by atoms with Gasteiger partial charge in [0.05, 0.1) is 6.10 Å². The predicted molar refractivity (Wildman–Crippen MR) is 109 cm³/mol. The number of rotatable bonds is 4. The molecule has 2 aromatic rings. The Morgan fingerprint density at radius 3 is 2.41 bits per heavy atom. The molecule has 2 aromatic carbocycles. The minimum absolute atomic E-state index is 0.130. The fourth-order valence-corrected chi connectivity index (χ4v) is 5.32. The largest absolute Gasteiger partial charge is 0.378 e. The van der Waals surface area contributed by atoms with Gasteiger partial charge >= 0.3 is 0 Å². The van der Waals surface area contributed by atoms with Gasteiger partial charge in [-0.1, -0.05) is 36.4 Å². The van der Waals surface area contributed by atoms with Crippen molar-refractivity contribution in [3.63, 3.8) is 0 Å². The molecule has 0 heterocycles. The van der Waals surface area contributed by atoms with E-state index in [-0.39, 0.29) is 5.82 Å². The molecule has 0 aliphatic heterocycles. The average molecular weight is 367 g/mol. The quantitative estimate of drug-likeness (QED) is 0.572. The van der Waals surface area contributed by atoms with E-state index in [1.54, 1.807) is 6.07 Å². The van der Waals surface area contributed by atoms with Crippen LogP contribution in [-0.4, -0.2) is 12.7 Å². The summed E-state index contributed by atoms with van der Waals surface area (Å²) in [6, 6.07) is 14.1. The van der Waals surface area contributed by atoms with Crippen molar-refractivity contribution in [3.8, 4) is 11.1 Å². The molecule has 0 radical (unpaired) electrons. The maximum absolute atomic E-state index is 14.3. The molecule has 2 heteroatoms. The lowest BCUT2D eigenvalue weighted by atomic mass is 9.65. The van der Waals surface area contributed by atoms with Gasteiger partial charge in [-0.25, -0.2) is 4.39 Å². The lowest BCUT2D eigenvalue weighted by Gasteiger charge is -2.42. The Morgan fingerprint density at radius 1 is 0.926 bits per heavy atom. The van der Waals surface area contributed by atoms with Gasteiger partial charge in [0.25, 0.3) is 0 Å². The third-order valence-corrected chi connectivity index (χ3v) is 6.78. The lowest BCUT2D eigenvalue weighted by molar-refractivity contribution is -0.00955.